The summed E-state index contributed by atoms with van der Waals surface area (Å²) in [7, 11) is 0. The first-order valence-corrected chi connectivity index (χ1v) is 5.71. The zero-order valence-electron chi connectivity index (χ0n) is 10.5. The first kappa shape index (κ1) is 14.0. The highest BCUT2D eigenvalue weighted by atomic mass is 19.1. The predicted octanol–water partition coefficient (Wildman–Crippen LogP) is 3.22. The monoisotopic (exact) mass is 282 g/mol. The number of nitrogens with one attached hydrogen (secondary N) is 1. The SMILES string of the molecule is N#Cc1ccc(Nc2cccc(F)c2[N+](=O)[O-])cc1C#N. The lowest BCUT2D eigenvalue weighted by atomic mass is 10.1. The molecule has 0 radical (unpaired) electrons. The van der Waals surface area contributed by atoms with E-state index in [1.165, 1.54) is 30.3 Å². The molecule has 0 fully saturated rings. The molecule has 2 rings (SSSR count). The van der Waals surface area contributed by atoms with Crippen LogP contribution in [0.2, 0.25) is 0 Å². The number of anilines is 2. The second kappa shape index (κ2) is 5.68. The van der Waals surface area contributed by atoms with Gasteiger partial charge in [-0.15, -0.1) is 0 Å². The fraction of sp³-hybridized carbons (Fsp3) is 0. The van der Waals surface area contributed by atoms with Gasteiger partial charge in [-0.3, -0.25) is 10.1 Å². The zero-order valence-corrected chi connectivity index (χ0v) is 10.5. The van der Waals surface area contributed by atoms with E-state index in [2.05, 4.69) is 5.32 Å². The van der Waals surface area contributed by atoms with Crippen LogP contribution in [-0.4, -0.2) is 4.92 Å². The number of nitrogens with zero attached hydrogens (tertiary/aromatic N) is 3. The Kier molecular flexibility index (Phi) is 3.78. The summed E-state index contributed by atoms with van der Waals surface area (Å²) >= 11 is 0. The summed E-state index contributed by atoms with van der Waals surface area (Å²) in [4.78, 5) is 10.1. The molecular formula is C14H7FN4O2. The first-order chi connectivity index (χ1) is 10.1. The van der Waals surface area contributed by atoms with Crippen molar-refractivity contribution in [3.63, 3.8) is 0 Å². The number of nitriles is 2. The number of benzene rings is 2. The third-order valence-electron chi connectivity index (χ3n) is 2.71. The van der Waals surface area contributed by atoms with E-state index in [0.717, 1.165) is 6.07 Å². The number of nitro benzene ring substituents is 1. The molecule has 2 aromatic carbocycles. The molecular weight excluding hydrogens is 275 g/mol. The lowest BCUT2D eigenvalue weighted by Gasteiger charge is -2.08. The van der Waals surface area contributed by atoms with Gasteiger partial charge < -0.3 is 5.32 Å². The lowest BCUT2D eigenvalue weighted by molar-refractivity contribution is -0.386. The molecule has 21 heavy (non-hydrogen) atoms. The highest BCUT2D eigenvalue weighted by Gasteiger charge is 2.20. The molecule has 7 heteroatoms. The van der Waals surface area contributed by atoms with Crippen molar-refractivity contribution in [3.8, 4) is 12.1 Å². The quantitative estimate of drug-likeness (QED) is 0.687. The number of halogens is 1. The number of para-hydroxylation sites is 1. The van der Waals surface area contributed by atoms with Crippen LogP contribution in [0.3, 0.4) is 0 Å². The molecule has 0 saturated heterocycles. The summed E-state index contributed by atoms with van der Waals surface area (Å²) in [6.45, 7) is 0. The van der Waals surface area contributed by atoms with E-state index >= 15 is 0 Å². The first-order valence-electron chi connectivity index (χ1n) is 5.71. The van der Waals surface area contributed by atoms with Crippen molar-refractivity contribution < 1.29 is 9.31 Å². The number of hydrogen-bond acceptors (Lipinski definition) is 5. The van der Waals surface area contributed by atoms with E-state index in [1.54, 1.807) is 0 Å². The molecule has 0 heterocycles. The molecule has 0 aliphatic heterocycles. The highest BCUT2D eigenvalue weighted by Crippen LogP contribution is 2.30. The van der Waals surface area contributed by atoms with Crippen molar-refractivity contribution in [2.75, 3.05) is 5.32 Å². The van der Waals surface area contributed by atoms with Crippen molar-refractivity contribution in [1.82, 2.24) is 0 Å². The van der Waals surface area contributed by atoms with Gasteiger partial charge in [0.1, 0.15) is 17.8 Å². The summed E-state index contributed by atoms with van der Waals surface area (Å²) < 4.78 is 13.5. The standard InChI is InChI=1S/C14H7FN4O2/c15-12-2-1-3-13(14(12)19(20)21)18-11-5-4-9(7-16)10(6-11)8-17/h1-6,18H. The second-order valence-electron chi connectivity index (χ2n) is 4.00. The van der Waals surface area contributed by atoms with Crippen LogP contribution in [0.1, 0.15) is 11.1 Å². The zero-order chi connectivity index (χ0) is 15.4. The molecule has 6 nitrogen and oxygen atoms in total. The Morgan fingerprint density at radius 2 is 1.86 bits per heavy atom. The summed E-state index contributed by atoms with van der Waals surface area (Å²) in [5.41, 5.74) is -0.0495. The van der Waals surface area contributed by atoms with Gasteiger partial charge in [0.15, 0.2) is 0 Å². The highest BCUT2D eigenvalue weighted by molar-refractivity contribution is 5.71. The average Bonchev–Trinajstić information content (AvgIpc) is 2.46. The molecule has 0 saturated carbocycles. The largest absolute Gasteiger partial charge is 0.350 e. The Bertz CT molecular complexity index is 806. The van der Waals surface area contributed by atoms with Crippen LogP contribution in [0.15, 0.2) is 36.4 Å². The van der Waals surface area contributed by atoms with Crippen LogP contribution in [0.5, 0.6) is 0 Å². The van der Waals surface area contributed by atoms with Crippen LogP contribution in [0, 0.1) is 38.6 Å². The van der Waals surface area contributed by atoms with Crippen molar-refractivity contribution in [2.45, 2.75) is 0 Å². The van der Waals surface area contributed by atoms with Gasteiger partial charge in [-0.25, -0.2) is 0 Å². The van der Waals surface area contributed by atoms with Gasteiger partial charge in [-0.1, -0.05) is 6.07 Å². The summed E-state index contributed by atoms with van der Waals surface area (Å²) in [5, 5.41) is 31.3. The van der Waals surface area contributed by atoms with Crippen molar-refractivity contribution in [1.29, 1.82) is 10.5 Å². The Morgan fingerprint density at radius 1 is 1.14 bits per heavy atom. The van der Waals surface area contributed by atoms with Gasteiger partial charge >= 0.3 is 5.69 Å². The molecule has 0 amide bonds. The molecule has 0 spiro atoms. The van der Waals surface area contributed by atoms with Gasteiger partial charge in [0.05, 0.1) is 16.1 Å². The lowest BCUT2D eigenvalue weighted by Crippen LogP contribution is -2.00. The molecule has 0 aromatic heterocycles. The van der Waals surface area contributed by atoms with Crippen LogP contribution in [-0.2, 0) is 0 Å². The van der Waals surface area contributed by atoms with E-state index in [9.17, 15) is 14.5 Å². The van der Waals surface area contributed by atoms with Crippen LogP contribution in [0.4, 0.5) is 21.5 Å². The summed E-state index contributed by atoms with van der Waals surface area (Å²) in [6, 6.07) is 11.6. The maximum atomic E-state index is 13.5. The minimum absolute atomic E-state index is 0.0337. The molecule has 0 aliphatic rings. The Hall–Kier alpha value is -3.45. The fourth-order valence-electron chi connectivity index (χ4n) is 1.77. The average molecular weight is 282 g/mol. The van der Waals surface area contributed by atoms with Crippen LogP contribution in [0.25, 0.3) is 0 Å². The van der Waals surface area contributed by atoms with E-state index in [-0.39, 0.29) is 16.8 Å². The Balaban J connectivity index is 2.45. The van der Waals surface area contributed by atoms with Crippen molar-refractivity contribution >= 4 is 17.1 Å². The van der Waals surface area contributed by atoms with Gasteiger partial charge in [0.2, 0.25) is 5.82 Å². The van der Waals surface area contributed by atoms with Crippen molar-refractivity contribution in [3.05, 3.63) is 63.5 Å². The normalized spacial score (nSPS) is 9.48. The van der Waals surface area contributed by atoms with Gasteiger partial charge in [-0.2, -0.15) is 14.9 Å². The van der Waals surface area contributed by atoms with E-state index in [1.807, 2.05) is 12.1 Å². The van der Waals surface area contributed by atoms with E-state index in [4.69, 9.17) is 10.5 Å². The number of rotatable bonds is 3. The Labute approximate surface area is 118 Å². The van der Waals surface area contributed by atoms with Gasteiger partial charge in [-0.05, 0) is 30.3 Å². The van der Waals surface area contributed by atoms with Gasteiger partial charge in [0, 0.05) is 5.69 Å². The molecule has 0 aliphatic carbocycles. The molecule has 2 aromatic rings. The summed E-state index contributed by atoms with van der Waals surface area (Å²) in [5.74, 6) is -0.959. The number of hydrogen-bond donors (Lipinski definition) is 1. The number of nitro groups is 1. The fourth-order valence-corrected chi connectivity index (χ4v) is 1.77. The Morgan fingerprint density at radius 3 is 2.48 bits per heavy atom. The predicted molar refractivity (Wildman–Crippen MR) is 72.2 cm³/mol. The molecule has 0 atom stereocenters. The second-order valence-corrected chi connectivity index (χ2v) is 4.00. The van der Waals surface area contributed by atoms with Gasteiger partial charge in [0.25, 0.3) is 0 Å². The molecule has 0 unspecified atom stereocenters. The van der Waals surface area contributed by atoms with E-state index < -0.39 is 16.4 Å². The smallest absolute Gasteiger partial charge is 0.327 e. The molecule has 102 valence electrons. The van der Waals surface area contributed by atoms with E-state index in [0.29, 0.717) is 5.69 Å². The topological polar surface area (TPSA) is 103 Å². The third kappa shape index (κ3) is 2.77. The minimum atomic E-state index is -0.959. The maximum absolute atomic E-state index is 13.5. The van der Waals surface area contributed by atoms with Crippen LogP contribution < -0.4 is 5.32 Å². The summed E-state index contributed by atoms with van der Waals surface area (Å²) in [6.07, 6.45) is 0. The van der Waals surface area contributed by atoms with Crippen LogP contribution >= 0.6 is 0 Å². The maximum Gasteiger partial charge on any atom is 0.327 e. The molecule has 0 bridgehead atoms. The minimum Gasteiger partial charge on any atom is -0.350 e. The third-order valence-corrected chi connectivity index (χ3v) is 2.71. The van der Waals surface area contributed by atoms with Crippen molar-refractivity contribution in [2.24, 2.45) is 0 Å². The molecule has 1 N–H and O–H groups in total.